The average Bonchev–Trinajstić information content (AvgIpc) is 1.00. The smallest absolute Gasteiger partial charge is 0 e. The Balaban J connectivity index is -0.00000000500. The van der Waals surface area contributed by atoms with Crippen LogP contribution >= 0.6 is 0 Å². The largest absolute Gasteiger partial charge is 0 e. The molecule has 0 amide bonds. The third-order valence-corrected chi connectivity index (χ3v) is 0. The summed E-state index contributed by atoms with van der Waals surface area (Å²) in [5.41, 5.74) is 0. The molecule has 4 heavy (non-hydrogen) atoms. The van der Waals surface area contributed by atoms with Crippen LogP contribution in [-0.2, 0) is 16.5 Å². The first kappa shape index (κ1) is 17.1. The molecule has 0 aliphatic heterocycles. The molecule has 0 nitrogen and oxygen atoms in total. The van der Waals surface area contributed by atoms with Crippen molar-refractivity contribution >= 4 is 42.0 Å². The molecule has 0 saturated carbocycles. The maximum Gasteiger partial charge on any atom is 0 e. The summed E-state index contributed by atoms with van der Waals surface area (Å²) in [6, 6.07) is 0. The van der Waals surface area contributed by atoms with Crippen LogP contribution in [0.4, 0.5) is 0 Å². The van der Waals surface area contributed by atoms with Gasteiger partial charge in [-0.2, -0.15) is 0 Å². The molecule has 0 atom stereocenters. The predicted octanol–water partition coefficient (Wildman–Crippen LogP) is -3.55. The first-order valence-electron chi connectivity index (χ1n) is 1.00. The molecule has 0 aliphatic rings. The number of hydrogen-bond acceptors (Lipinski definition) is 0. The van der Waals surface area contributed by atoms with Gasteiger partial charge >= 0.3 is 17.6 Å². The molecule has 0 aromatic heterocycles. The maximum atomic E-state index is 1.44. The Hall–Kier alpha value is 1.79. The molecule has 0 saturated heterocycles. The third-order valence-electron chi connectivity index (χ3n) is 0. The Labute approximate surface area is 58.3 Å². The zero-order valence-corrected chi connectivity index (χ0v) is 7.30. The molecular weight excluding hydrogens is 186 g/mol. The topological polar surface area (TPSA) is 0 Å². The second-order valence-corrected chi connectivity index (χ2v) is 0. The van der Waals surface area contributed by atoms with Crippen molar-refractivity contribution in [1.29, 1.82) is 0 Å². The molecule has 0 spiro atoms. The van der Waals surface area contributed by atoms with Crippen LogP contribution in [0.5, 0.6) is 0 Å². The molecule has 0 radical (unpaired) electrons. The van der Waals surface area contributed by atoms with Crippen molar-refractivity contribution in [3.8, 4) is 0 Å². The summed E-state index contributed by atoms with van der Waals surface area (Å²) < 4.78 is 0. The SMILES string of the molecule is [AlH2][SiH3].[GeH4].[Ni]. The Morgan fingerprint density at radius 1 is 1.25 bits per heavy atom. The summed E-state index contributed by atoms with van der Waals surface area (Å²) in [5.74, 6) is 0. The molecule has 0 rings (SSSR count). The third kappa shape index (κ3) is 9.21. The zero-order chi connectivity index (χ0) is 2.00. The zero-order valence-electron chi connectivity index (χ0n) is 2.32. The molecule has 4 heteroatoms. The van der Waals surface area contributed by atoms with Gasteiger partial charge in [-0.05, 0) is 0 Å². The van der Waals surface area contributed by atoms with Crippen LogP contribution in [0, 0.1) is 0 Å². The summed E-state index contributed by atoms with van der Waals surface area (Å²) in [4.78, 5) is 0. The summed E-state index contributed by atoms with van der Waals surface area (Å²) >= 11 is 1.44. The van der Waals surface area contributed by atoms with E-state index in [9.17, 15) is 0 Å². The van der Waals surface area contributed by atoms with Crippen LogP contribution in [-0.4, -0.2) is 42.0 Å². The van der Waals surface area contributed by atoms with Gasteiger partial charge in [0, 0.05) is 16.5 Å². The normalized spacial score (nSPS) is 2.00. The first-order chi connectivity index (χ1) is 1.00. The average molecular weight is 195 g/mol. The second kappa shape index (κ2) is 21.5. The van der Waals surface area contributed by atoms with E-state index in [1.807, 2.05) is 0 Å². The van der Waals surface area contributed by atoms with Gasteiger partial charge in [0.2, 0.25) is 0 Å². The van der Waals surface area contributed by atoms with Crippen LogP contribution in [0.1, 0.15) is 0 Å². The van der Waals surface area contributed by atoms with Gasteiger partial charge in [-0.1, -0.05) is 8.80 Å². The van der Waals surface area contributed by atoms with E-state index in [1.165, 1.54) is 24.4 Å². The first-order valence-corrected chi connectivity index (χ1v) is 9.00. The molecule has 0 aromatic carbocycles. The van der Waals surface area contributed by atoms with E-state index in [0.29, 0.717) is 0 Å². The van der Waals surface area contributed by atoms with E-state index in [0.717, 1.165) is 0 Å². The van der Waals surface area contributed by atoms with Crippen LogP contribution < -0.4 is 0 Å². The Bertz CT molecular complexity index is 8.00. The standard InChI is InChI=1S/Al.GeH4.Ni.H3Si.2H/h;1H4;;1H3;;. The molecule has 0 bridgehead atoms. The molecule has 0 fully saturated rings. The van der Waals surface area contributed by atoms with E-state index >= 15 is 0 Å². The van der Waals surface area contributed by atoms with Gasteiger partial charge in [0.15, 0.2) is 15.6 Å². The predicted molar refractivity (Wildman–Crippen MR) is 29.8 cm³/mol. The number of rotatable bonds is 0. The summed E-state index contributed by atoms with van der Waals surface area (Å²) in [7, 11) is 1.44. The van der Waals surface area contributed by atoms with E-state index in [2.05, 4.69) is 0 Å². The fourth-order valence-corrected chi connectivity index (χ4v) is 0. The molecule has 0 unspecified atom stereocenters. The second-order valence-electron chi connectivity index (χ2n) is 0. The molecule has 0 heterocycles. The fourth-order valence-electron chi connectivity index (χ4n) is 0. The molecular formula is H9AlGeNiSi. The fraction of sp³-hybridized carbons (Fsp3) is 0. The van der Waals surface area contributed by atoms with Crippen LogP contribution in [0.3, 0.4) is 0 Å². The monoisotopic (exact) mass is 196 g/mol. The Morgan fingerprint density at radius 3 is 1.25 bits per heavy atom. The van der Waals surface area contributed by atoms with Gasteiger partial charge in [-0.15, -0.1) is 0 Å². The molecule has 0 aliphatic carbocycles. The minimum atomic E-state index is 0. The van der Waals surface area contributed by atoms with E-state index in [1.54, 1.807) is 0 Å². The van der Waals surface area contributed by atoms with Gasteiger partial charge in [-0.3, -0.25) is 0 Å². The van der Waals surface area contributed by atoms with E-state index in [-0.39, 0.29) is 34.1 Å². The quantitative estimate of drug-likeness (QED) is 0.351. The minimum absolute atomic E-state index is 0. The van der Waals surface area contributed by atoms with Crippen molar-refractivity contribution in [2.75, 3.05) is 0 Å². The van der Waals surface area contributed by atoms with Gasteiger partial charge in [-0.25, -0.2) is 0 Å². The van der Waals surface area contributed by atoms with Crippen molar-refractivity contribution in [2.45, 2.75) is 0 Å². The summed E-state index contributed by atoms with van der Waals surface area (Å²) in [6.45, 7) is 0. The van der Waals surface area contributed by atoms with E-state index in [4.69, 9.17) is 0 Å². The van der Waals surface area contributed by atoms with Crippen molar-refractivity contribution in [2.24, 2.45) is 0 Å². The van der Waals surface area contributed by atoms with Crippen LogP contribution in [0.25, 0.3) is 0 Å². The Kier molecular flexibility index (Phi) is 91.8. The minimum Gasteiger partial charge on any atom is 0 e. The van der Waals surface area contributed by atoms with Crippen molar-refractivity contribution in [3.05, 3.63) is 0 Å². The summed E-state index contributed by atoms with van der Waals surface area (Å²) in [6.07, 6.45) is 0. The van der Waals surface area contributed by atoms with Crippen molar-refractivity contribution in [1.82, 2.24) is 0 Å². The molecule has 30 valence electrons. The van der Waals surface area contributed by atoms with Crippen LogP contribution in [0.15, 0.2) is 0 Å². The van der Waals surface area contributed by atoms with Crippen LogP contribution in [0.2, 0.25) is 0 Å². The van der Waals surface area contributed by atoms with Crippen molar-refractivity contribution in [3.63, 3.8) is 0 Å². The van der Waals surface area contributed by atoms with E-state index < -0.39 is 0 Å². The molecule has 0 N–H and O–H groups in total. The van der Waals surface area contributed by atoms with Gasteiger partial charge < -0.3 is 0 Å². The maximum absolute atomic E-state index is 1.44. The molecule has 0 aromatic rings. The number of hydrogen-bond donors (Lipinski definition) is 0. The van der Waals surface area contributed by atoms with Crippen molar-refractivity contribution < 1.29 is 16.5 Å². The van der Waals surface area contributed by atoms with Gasteiger partial charge in [0.05, 0.1) is 0 Å². The summed E-state index contributed by atoms with van der Waals surface area (Å²) in [5, 5.41) is 0. The Morgan fingerprint density at radius 2 is 1.25 bits per heavy atom. The van der Waals surface area contributed by atoms with Gasteiger partial charge in [0.25, 0.3) is 0 Å². The van der Waals surface area contributed by atoms with Gasteiger partial charge in [0.1, 0.15) is 0 Å².